The molecule has 96 valence electrons. The summed E-state index contributed by atoms with van der Waals surface area (Å²) in [6.07, 6.45) is 1.01. The molecule has 0 aliphatic carbocycles. The van der Waals surface area contributed by atoms with E-state index in [0.717, 1.165) is 18.0 Å². The standard InChI is InChI=1S/C15H20N2S/c1-11-4-6-13(7-5-11)14(9-16-3)8-15-10-18-12(2)17-15/h4-7,10,14,16H,8-9H2,1-3H3. The summed E-state index contributed by atoms with van der Waals surface area (Å²) in [5.41, 5.74) is 3.91. The molecule has 1 unspecified atom stereocenters. The van der Waals surface area contributed by atoms with Crippen LogP contribution in [0.4, 0.5) is 0 Å². The van der Waals surface area contributed by atoms with Crippen LogP contribution in [0.5, 0.6) is 0 Å². The molecule has 1 N–H and O–H groups in total. The third kappa shape index (κ3) is 3.40. The molecule has 0 spiro atoms. The Bertz CT molecular complexity index is 487. The minimum absolute atomic E-state index is 0.497. The average molecular weight is 260 g/mol. The fourth-order valence-corrected chi connectivity index (χ4v) is 2.77. The molecule has 1 heterocycles. The second kappa shape index (κ2) is 6.12. The quantitative estimate of drug-likeness (QED) is 0.892. The van der Waals surface area contributed by atoms with Crippen LogP contribution in [0.2, 0.25) is 0 Å². The number of aryl methyl sites for hydroxylation is 2. The molecule has 0 saturated carbocycles. The molecular weight excluding hydrogens is 240 g/mol. The summed E-state index contributed by atoms with van der Waals surface area (Å²) in [4.78, 5) is 4.57. The summed E-state index contributed by atoms with van der Waals surface area (Å²) in [6, 6.07) is 8.84. The number of hydrogen-bond donors (Lipinski definition) is 1. The molecular formula is C15H20N2S. The van der Waals surface area contributed by atoms with E-state index in [1.54, 1.807) is 11.3 Å². The Hall–Kier alpha value is -1.19. The first-order valence-corrected chi connectivity index (χ1v) is 7.19. The smallest absolute Gasteiger partial charge is 0.0897 e. The normalized spacial score (nSPS) is 12.6. The lowest BCUT2D eigenvalue weighted by atomic mass is 9.94. The summed E-state index contributed by atoms with van der Waals surface area (Å²) in [6.45, 7) is 5.17. The van der Waals surface area contributed by atoms with Crippen LogP contribution in [0.3, 0.4) is 0 Å². The van der Waals surface area contributed by atoms with Crippen molar-refractivity contribution in [1.29, 1.82) is 0 Å². The summed E-state index contributed by atoms with van der Waals surface area (Å²) in [5, 5.41) is 6.61. The minimum Gasteiger partial charge on any atom is -0.319 e. The van der Waals surface area contributed by atoms with Crippen LogP contribution in [0.25, 0.3) is 0 Å². The third-order valence-corrected chi connectivity index (χ3v) is 3.94. The van der Waals surface area contributed by atoms with Gasteiger partial charge in [0, 0.05) is 17.8 Å². The Morgan fingerprint density at radius 2 is 1.94 bits per heavy atom. The number of hydrogen-bond acceptors (Lipinski definition) is 3. The van der Waals surface area contributed by atoms with Crippen molar-refractivity contribution in [3.05, 3.63) is 51.5 Å². The third-order valence-electron chi connectivity index (χ3n) is 3.12. The van der Waals surface area contributed by atoms with E-state index in [1.807, 2.05) is 7.05 Å². The van der Waals surface area contributed by atoms with Gasteiger partial charge in [0.2, 0.25) is 0 Å². The van der Waals surface area contributed by atoms with Crippen molar-refractivity contribution in [2.75, 3.05) is 13.6 Å². The molecule has 1 atom stereocenters. The number of nitrogens with one attached hydrogen (secondary N) is 1. The summed E-state index contributed by atoms with van der Waals surface area (Å²) in [7, 11) is 2.01. The predicted octanol–water partition coefficient (Wildman–Crippen LogP) is 3.31. The Labute approximate surface area is 113 Å². The summed E-state index contributed by atoms with van der Waals surface area (Å²) in [5.74, 6) is 0.497. The first-order chi connectivity index (χ1) is 8.69. The van der Waals surface area contributed by atoms with Crippen LogP contribution >= 0.6 is 11.3 Å². The van der Waals surface area contributed by atoms with Crippen LogP contribution in [-0.4, -0.2) is 18.6 Å². The van der Waals surface area contributed by atoms with Gasteiger partial charge in [-0.15, -0.1) is 11.3 Å². The predicted molar refractivity (Wildman–Crippen MR) is 78.4 cm³/mol. The van der Waals surface area contributed by atoms with E-state index in [2.05, 4.69) is 53.8 Å². The van der Waals surface area contributed by atoms with Gasteiger partial charge in [0.05, 0.1) is 10.7 Å². The molecule has 0 fully saturated rings. The highest BCUT2D eigenvalue weighted by Gasteiger charge is 2.13. The van der Waals surface area contributed by atoms with E-state index in [-0.39, 0.29) is 0 Å². The molecule has 2 aromatic rings. The number of nitrogens with zero attached hydrogens (tertiary/aromatic N) is 1. The van der Waals surface area contributed by atoms with E-state index in [0.29, 0.717) is 5.92 Å². The lowest BCUT2D eigenvalue weighted by Crippen LogP contribution is -2.19. The first kappa shape index (κ1) is 13.2. The fourth-order valence-electron chi connectivity index (χ4n) is 2.15. The average Bonchev–Trinajstić information content (AvgIpc) is 2.75. The van der Waals surface area contributed by atoms with Crippen molar-refractivity contribution in [1.82, 2.24) is 10.3 Å². The zero-order chi connectivity index (χ0) is 13.0. The first-order valence-electron chi connectivity index (χ1n) is 6.31. The van der Waals surface area contributed by atoms with Crippen molar-refractivity contribution in [3.8, 4) is 0 Å². The largest absolute Gasteiger partial charge is 0.319 e. The van der Waals surface area contributed by atoms with Crippen molar-refractivity contribution in [3.63, 3.8) is 0 Å². The van der Waals surface area contributed by atoms with Gasteiger partial charge >= 0.3 is 0 Å². The number of likely N-dealkylation sites (N-methyl/N-ethyl adjacent to an activating group) is 1. The van der Waals surface area contributed by atoms with E-state index in [4.69, 9.17) is 0 Å². The van der Waals surface area contributed by atoms with Gasteiger partial charge in [-0.1, -0.05) is 29.8 Å². The topological polar surface area (TPSA) is 24.9 Å². The number of aromatic nitrogens is 1. The van der Waals surface area contributed by atoms with Gasteiger partial charge in [0.1, 0.15) is 0 Å². The van der Waals surface area contributed by atoms with Gasteiger partial charge in [-0.25, -0.2) is 4.98 Å². The van der Waals surface area contributed by atoms with E-state index in [9.17, 15) is 0 Å². The molecule has 0 aliphatic rings. The van der Waals surface area contributed by atoms with Crippen LogP contribution in [-0.2, 0) is 6.42 Å². The summed E-state index contributed by atoms with van der Waals surface area (Å²) < 4.78 is 0. The maximum Gasteiger partial charge on any atom is 0.0897 e. The molecule has 2 nitrogen and oxygen atoms in total. The highest BCUT2D eigenvalue weighted by molar-refractivity contribution is 7.09. The van der Waals surface area contributed by atoms with E-state index >= 15 is 0 Å². The Morgan fingerprint density at radius 3 is 2.50 bits per heavy atom. The van der Waals surface area contributed by atoms with Crippen molar-refractivity contribution in [2.45, 2.75) is 26.2 Å². The minimum atomic E-state index is 0.497. The van der Waals surface area contributed by atoms with Gasteiger partial charge in [-0.3, -0.25) is 0 Å². The summed E-state index contributed by atoms with van der Waals surface area (Å²) >= 11 is 1.73. The SMILES string of the molecule is CNCC(Cc1csc(C)n1)c1ccc(C)cc1. The zero-order valence-electron chi connectivity index (χ0n) is 11.2. The van der Waals surface area contributed by atoms with Crippen LogP contribution in [0, 0.1) is 13.8 Å². The maximum atomic E-state index is 4.57. The molecule has 0 aliphatic heterocycles. The molecule has 1 aromatic carbocycles. The van der Waals surface area contributed by atoms with Crippen molar-refractivity contribution in [2.24, 2.45) is 0 Å². The van der Waals surface area contributed by atoms with Gasteiger partial charge in [0.25, 0.3) is 0 Å². The molecule has 0 bridgehead atoms. The Kier molecular flexibility index (Phi) is 4.50. The van der Waals surface area contributed by atoms with Gasteiger partial charge < -0.3 is 5.32 Å². The monoisotopic (exact) mass is 260 g/mol. The molecule has 18 heavy (non-hydrogen) atoms. The zero-order valence-corrected chi connectivity index (χ0v) is 12.1. The second-order valence-corrected chi connectivity index (χ2v) is 5.79. The second-order valence-electron chi connectivity index (χ2n) is 4.73. The van der Waals surface area contributed by atoms with E-state index < -0.39 is 0 Å². The van der Waals surface area contributed by atoms with Crippen LogP contribution < -0.4 is 5.32 Å². The van der Waals surface area contributed by atoms with Crippen LogP contribution in [0.15, 0.2) is 29.6 Å². The highest BCUT2D eigenvalue weighted by atomic mass is 32.1. The van der Waals surface area contributed by atoms with E-state index in [1.165, 1.54) is 16.8 Å². The van der Waals surface area contributed by atoms with Gasteiger partial charge in [-0.05, 0) is 32.9 Å². The molecule has 1 aromatic heterocycles. The number of rotatable bonds is 5. The van der Waals surface area contributed by atoms with Crippen LogP contribution in [0.1, 0.15) is 27.7 Å². The highest BCUT2D eigenvalue weighted by Crippen LogP contribution is 2.21. The molecule has 0 amide bonds. The number of thiazole rings is 1. The lowest BCUT2D eigenvalue weighted by molar-refractivity contribution is 0.619. The Morgan fingerprint density at radius 1 is 1.22 bits per heavy atom. The number of benzene rings is 1. The van der Waals surface area contributed by atoms with Crippen molar-refractivity contribution < 1.29 is 0 Å². The Balaban J connectivity index is 2.14. The maximum absolute atomic E-state index is 4.57. The molecule has 0 saturated heterocycles. The van der Waals surface area contributed by atoms with Gasteiger partial charge in [0.15, 0.2) is 0 Å². The molecule has 3 heteroatoms. The molecule has 0 radical (unpaired) electrons. The fraction of sp³-hybridized carbons (Fsp3) is 0.400. The van der Waals surface area contributed by atoms with Gasteiger partial charge in [-0.2, -0.15) is 0 Å². The molecule has 2 rings (SSSR count). The van der Waals surface area contributed by atoms with Crippen molar-refractivity contribution >= 4 is 11.3 Å². The lowest BCUT2D eigenvalue weighted by Gasteiger charge is -2.16.